The van der Waals surface area contributed by atoms with Gasteiger partial charge in [-0.1, -0.05) is 42.0 Å². The summed E-state index contributed by atoms with van der Waals surface area (Å²) in [4.78, 5) is 12.4. The molecule has 0 spiro atoms. The van der Waals surface area contributed by atoms with Gasteiger partial charge in [0.2, 0.25) is 0 Å². The van der Waals surface area contributed by atoms with Crippen molar-refractivity contribution in [3.8, 4) is 6.07 Å². The van der Waals surface area contributed by atoms with Crippen molar-refractivity contribution < 1.29 is 4.79 Å². The molecule has 1 N–H and O–H groups in total. The van der Waals surface area contributed by atoms with Crippen LogP contribution in [-0.4, -0.2) is 5.91 Å². The van der Waals surface area contributed by atoms with Crippen molar-refractivity contribution in [1.29, 1.82) is 5.26 Å². The van der Waals surface area contributed by atoms with Crippen molar-refractivity contribution in [2.75, 3.05) is 5.32 Å². The summed E-state index contributed by atoms with van der Waals surface area (Å²) in [6, 6.07) is 14.0. The first-order valence-electron chi connectivity index (χ1n) is 6.29. The maximum atomic E-state index is 12.4. The van der Waals surface area contributed by atoms with Gasteiger partial charge in [0.25, 0.3) is 5.91 Å². The molecule has 0 aliphatic carbocycles. The predicted octanol–water partition coefficient (Wildman–Crippen LogP) is 4.50. The first-order chi connectivity index (χ1) is 10.0. The van der Waals surface area contributed by atoms with E-state index in [9.17, 15) is 4.79 Å². The first kappa shape index (κ1) is 14.8. The molecule has 1 amide bonds. The third-order valence-corrected chi connectivity index (χ3v) is 3.22. The number of nitrogens with zero attached hydrogens (tertiary/aromatic N) is 1. The van der Waals surface area contributed by atoms with Crippen LogP contribution in [0.4, 0.5) is 5.69 Å². The minimum absolute atomic E-state index is 0.285. The third kappa shape index (κ3) is 3.31. The lowest BCUT2D eigenvalue weighted by atomic mass is 10.0. The molecule has 2 rings (SSSR count). The molecule has 0 bridgehead atoms. The third-order valence-electron chi connectivity index (χ3n) is 2.98. The zero-order valence-corrected chi connectivity index (χ0v) is 12.2. The number of carbonyl (C=O) groups excluding carboxylic acids is 1. The highest BCUT2D eigenvalue weighted by atomic mass is 35.5. The number of rotatable bonds is 3. The summed E-state index contributed by atoms with van der Waals surface area (Å²) in [7, 11) is 0. The van der Waals surface area contributed by atoms with Crippen LogP contribution < -0.4 is 5.32 Å². The van der Waals surface area contributed by atoms with Gasteiger partial charge >= 0.3 is 0 Å². The summed E-state index contributed by atoms with van der Waals surface area (Å²) < 4.78 is 0. The Morgan fingerprint density at radius 3 is 2.52 bits per heavy atom. The van der Waals surface area contributed by atoms with E-state index >= 15 is 0 Å². The van der Waals surface area contributed by atoms with Crippen molar-refractivity contribution >= 4 is 28.8 Å². The highest BCUT2D eigenvalue weighted by molar-refractivity contribution is 6.30. The number of carbonyl (C=O) groups is 1. The second-order valence-corrected chi connectivity index (χ2v) is 5.02. The molecule has 21 heavy (non-hydrogen) atoms. The Bertz CT molecular complexity index is 760. The molecule has 104 valence electrons. The molecule has 2 aromatic carbocycles. The Labute approximate surface area is 128 Å². The van der Waals surface area contributed by atoms with E-state index in [4.69, 9.17) is 16.9 Å². The molecule has 2 aromatic rings. The van der Waals surface area contributed by atoms with E-state index in [1.807, 2.05) is 25.1 Å². The maximum Gasteiger partial charge on any atom is 0.256 e. The van der Waals surface area contributed by atoms with Gasteiger partial charge in [0, 0.05) is 10.6 Å². The van der Waals surface area contributed by atoms with Crippen LogP contribution in [0.15, 0.2) is 49.0 Å². The summed E-state index contributed by atoms with van der Waals surface area (Å²) in [5.41, 5.74) is 2.86. The predicted molar refractivity (Wildman–Crippen MR) is 85.3 cm³/mol. The molecular formula is C17H13ClN2O. The van der Waals surface area contributed by atoms with Gasteiger partial charge in [0.15, 0.2) is 0 Å². The lowest BCUT2D eigenvalue weighted by Crippen LogP contribution is -2.14. The Hall–Kier alpha value is -2.57. The number of nitrogens with one attached hydrogen (secondary N) is 1. The van der Waals surface area contributed by atoms with Gasteiger partial charge in [0.05, 0.1) is 11.3 Å². The summed E-state index contributed by atoms with van der Waals surface area (Å²) in [5.74, 6) is -0.285. The fourth-order valence-corrected chi connectivity index (χ4v) is 2.13. The van der Waals surface area contributed by atoms with Crippen LogP contribution in [0.25, 0.3) is 5.57 Å². The van der Waals surface area contributed by atoms with E-state index in [2.05, 4.69) is 11.9 Å². The number of anilines is 1. The molecule has 0 saturated heterocycles. The largest absolute Gasteiger partial charge is 0.321 e. The fraction of sp³-hybridized carbons (Fsp3) is 0.0588. The normalized spacial score (nSPS) is 9.76. The topological polar surface area (TPSA) is 52.9 Å². The van der Waals surface area contributed by atoms with E-state index in [1.54, 1.807) is 24.3 Å². The van der Waals surface area contributed by atoms with Crippen molar-refractivity contribution in [3.63, 3.8) is 0 Å². The SMILES string of the molecule is C=C(C)c1ccccc1C(=O)Nc1ccc(Cl)cc1C#N. The number of amides is 1. The van der Waals surface area contributed by atoms with Crippen molar-refractivity contribution in [2.24, 2.45) is 0 Å². The summed E-state index contributed by atoms with van der Waals surface area (Å²) >= 11 is 5.84. The van der Waals surface area contributed by atoms with Crippen molar-refractivity contribution in [2.45, 2.75) is 6.92 Å². The quantitative estimate of drug-likeness (QED) is 0.907. The molecule has 0 unspecified atom stereocenters. The number of halogens is 1. The number of hydrogen-bond acceptors (Lipinski definition) is 2. The van der Waals surface area contributed by atoms with E-state index in [0.29, 0.717) is 21.8 Å². The van der Waals surface area contributed by atoms with Crippen LogP contribution in [0.3, 0.4) is 0 Å². The Balaban J connectivity index is 2.36. The van der Waals surface area contributed by atoms with Crippen LogP contribution in [0.1, 0.15) is 28.4 Å². The van der Waals surface area contributed by atoms with Gasteiger partial charge < -0.3 is 5.32 Å². The average Bonchev–Trinajstić information content (AvgIpc) is 2.48. The van der Waals surface area contributed by atoms with Crippen molar-refractivity contribution in [1.82, 2.24) is 0 Å². The summed E-state index contributed by atoms with van der Waals surface area (Å²) in [5, 5.41) is 12.3. The van der Waals surface area contributed by atoms with Gasteiger partial charge in [-0.15, -0.1) is 0 Å². The van der Waals surface area contributed by atoms with Gasteiger partial charge in [-0.3, -0.25) is 4.79 Å². The van der Waals surface area contributed by atoms with E-state index < -0.39 is 0 Å². The molecule has 3 nitrogen and oxygen atoms in total. The maximum absolute atomic E-state index is 12.4. The number of hydrogen-bond donors (Lipinski definition) is 1. The fourth-order valence-electron chi connectivity index (χ4n) is 1.96. The van der Waals surface area contributed by atoms with E-state index in [1.165, 1.54) is 6.07 Å². The zero-order valence-electron chi connectivity index (χ0n) is 11.5. The minimum atomic E-state index is -0.285. The molecule has 0 radical (unpaired) electrons. The van der Waals surface area contributed by atoms with E-state index in [-0.39, 0.29) is 5.91 Å². The van der Waals surface area contributed by atoms with Crippen LogP contribution >= 0.6 is 11.6 Å². The molecule has 0 fully saturated rings. The number of benzene rings is 2. The lowest BCUT2D eigenvalue weighted by molar-refractivity contribution is 0.102. The molecule has 4 heteroatoms. The van der Waals surface area contributed by atoms with E-state index in [0.717, 1.165) is 11.1 Å². The average molecular weight is 297 g/mol. The highest BCUT2D eigenvalue weighted by Gasteiger charge is 2.13. The molecule has 0 atom stereocenters. The van der Waals surface area contributed by atoms with Gasteiger partial charge in [-0.2, -0.15) is 5.26 Å². The van der Waals surface area contributed by atoms with Gasteiger partial charge in [0.1, 0.15) is 6.07 Å². The second kappa shape index (κ2) is 6.25. The Morgan fingerprint density at radius 1 is 1.24 bits per heavy atom. The molecule has 0 aliphatic heterocycles. The van der Waals surface area contributed by atoms with Gasteiger partial charge in [-0.05, 0) is 36.8 Å². The molecule has 0 saturated carbocycles. The highest BCUT2D eigenvalue weighted by Crippen LogP contribution is 2.22. The standard InChI is InChI=1S/C17H13ClN2O/c1-11(2)14-5-3-4-6-15(14)17(21)20-16-8-7-13(18)9-12(16)10-19/h3-9H,1H2,2H3,(H,20,21). The smallest absolute Gasteiger partial charge is 0.256 e. The zero-order chi connectivity index (χ0) is 15.4. The van der Waals surface area contributed by atoms with Crippen LogP contribution in [0.2, 0.25) is 5.02 Å². The van der Waals surface area contributed by atoms with Crippen LogP contribution in [0.5, 0.6) is 0 Å². The summed E-state index contributed by atoms with van der Waals surface area (Å²) in [6.07, 6.45) is 0. The molecule has 0 heterocycles. The summed E-state index contributed by atoms with van der Waals surface area (Å²) in [6.45, 7) is 5.71. The molecule has 0 aliphatic rings. The monoisotopic (exact) mass is 296 g/mol. The lowest BCUT2D eigenvalue weighted by Gasteiger charge is -2.11. The number of nitriles is 1. The van der Waals surface area contributed by atoms with Crippen LogP contribution in [-0.2, 0) is 0 Å². The Kier molecular flexibility index (Phi) is 4.42. The number of allylic oxidation sites excluding steroid dienone is 1. The van der Waals surface area contributed by atoms with Crippen molar-refractivity contribution in [3.05, 3.63) is 70.8 Å². The molecule has 0 aromatic heterocycles. The Morgan fingerprint density at radius 2 is 1.90 bits per heavy atom. The minimum Gasteiger partial charge on any atom is -0.321 e. The van der Waals surface area contributed by atoms with Gasteiger partial charge in [-0.25, -0.2) is 0 Å². The molecular weight excluding hydrogens is 284 g/mol. The van der Waals surface area contributed by atoms with Crippen LogP contribution in [0, 0.1) is 11.3 Å². The first-order valence-corrected chi connectivity index (χ1v) is 6.66. The second-order valence-electron chi connectivity index (χ2n) is 4.58.